The number of hydrogen-bond acceptors (Lipinski definition) is 8. The van der Waals surface area contributed by atoms with Crippen LogP contribution in [-0.2, 0) is 45.9 Å². The number of benzene rings is 1. The Bertz CT molecular complexity index is 1150. The fourth-order valence-corrected chi connectivity index (χ4v) is 3.72. The predicted molar refractivity (Wildman–Crippen MR) is 121 cm³/mol. The van der Waals surface area contributed by atoms with E-state index in [1.54, 1.807) is 6.20 Å². The Morgan fingerprint density at radius 2 is 1.71 bits per heavy atom. The molecule has 0 atom stereocenters. The second-order valence-electron chi connectivity index (χ2n) is 7.99. The molecule has 1 aromatic carbocycles. The Hall–Kier alpha value is -3.18. The Labute approximate surface area is 200 Å². The van der Waals surface area contributed by atoms with Gasteiger partial charge in [0.25, 0.3) is 11.8 Å². The van der Waals surface area contributed by atoms with Gasteiger partial charge in [0, 0.05) is 37.3 Å². The number of aryl methyl sites for hydroxylation is 2. The molecule has 2 aromatic rings. The van der Waals surface area contributed by atoms with Crippen molar-refractivity contribution in [3.8, 4) is 0 Å². The van der Waals surface area contributed by atoms with Crippen LogP contribution in [0.3, 0.4) is 0 Å². The summed E-state index contributed by atoms with van der Waals surface area (Å²) in [6.45, 7) is -0.554. The third-order valence-corrected chi connectivity index (χ3v) is 5.69. The fraction of sp³-hybridized carbons (Fsp3) is 0.409. The van der Waals surface area contributed by atoms with Gasteiger partial charge in [-0.25, -0.2) is 9.36 Å². The molecule has 0 unspecified atom stereocenters. The predicted octanol–water partition coefficient (Wildman–Crippen LogP) is 1.67. The summed E-state index contributed by atoms with van der Waals surface area (Å²) in [5, 5.41) is 3.75. The van der Waals surface area contributed by atoms with Gasteiger partial charge in [0.15, 0.2) is 0 Å². The van der Waals surface area contributed by atoms with Crippen LogP contribution in [0.2, 0.25) is 0 Å². The first-order valence-corrected chi connectivity index (χ1v) is 12.5. The molecular weight excluding hydrogens is 481 g/mol. The Balaban J connectivity index is 1.41. The van der Waals surface area contributed by atoms with Crippen molar-refractivity contribution >= 4 is 42.4 Å². The third kappa shape index (κ3) is 8.52. The topological polar surface area (TPSA) is 172 Å². The van der Waals surface area contributed by atoms with Crippen LogP contribution in [0.5, 0.6) is 0 Å². The number of aromatic nitrogens is 1. The molecule has 3 rings (SSSR count). The number of hydroxylamine groups is 2. The van der Waals surface area contributed by atoms with Gasteiger partial charge in [-0.1, -0.05) is 12.1 Å². The molecule has 3 N–H and O–H groups in total. The summed E-state index contributed by atoms with van der Waals surface area (Å²) >= 11 is 0. The summed E-state index contributed by atoms with van der Waals surface area (Å²) in [5.74, 6) is -2.00. The molecule has 3 amide bonds. The average Bonchev–Trinajstić information content (AvgIpc) is 3.10. The van der Waals surface area contributed by atoms with E-state index in [0.29, 0.717) is 30.7 Å². The SMILES string of the molecule is O=C(CCCc1cnc2cc(CCCC(=O)ON3C(=O)CCC3=O)ccc2c1)NCOP(=O)(O)O. The van der Waals surface area contributed by atoms with E-state index in [2.05, 4.69) is 14.8 Å². The van der Waals surface area contributed by atoms with E-state index in [1.165, 1.54) is 0 Å². The van der Waals surface area contributed by atoms with Gasteiger partial charge >= 0.3 is 13.8 Å². The molecule has 12 nitrogen and oxygen atoms in total. The van der Waals surface area contributed by atoms with Crippen molar-refractivity contribution in [1.82, 2.24) is 15.4 Å². The summed E-state index contributed by atoms with van der Waals surface area (Å²) in [6.07, 6.45) is 4.29. The van der Waals surface area contributed by atoms with Crippen LogP contribution in [0.15, 0.2) is 30.5 Å². The normalized spacial score (nSPS) is 13.9. The minimum Gasteiger partial charge on any atom is -0.333 e. The molecule has 0 aliphatic carbocycles. The van der Waals surface area contributed by atoms with Gasteiger partial charge in [-0.15, -0.1) is 5.06 Å². The Morgan fingerprint density at radius 1 is 1.03 bits per heavy atom. The molecule has 1 fully saturated rings. The molecule has 1 aliphatic heterocycles. The number of imide groups is 1. The maximum absolute atomic E-state index is 11.9. The second kappa shape index (κ2) is 12.0. The largest absolute Gasteiger partial charge is 0.471 e. The monoisotopic (exact) mass is 507 g/mol. The van der Waals surface area contributed by atoms with Crippen molar-refractivity contribution in [2.45, 2.75) is 51.4 Å². The molecule has 0 saturated carbocycles. The summed E-state index contributed by atoms with van der Waals surface area (Å²) in [7, 11) is -4.61. The van der Waals surface area contributed by atoms with Gasteiger partial charge in [-0.3, -0.25) is 23.9 Å². The fourth-order valence-electron chi connectivity index (χ4n) is 3.49. The minimum atomic E-state index is -4.61. The molecule has 0 bridgehead atoms. The van der Waals surface area contributed by atoms with Crippen LogP contribution in [0.4, 0.5) is 0 Å². The number of amides is 3. The van der Waals surface area contributed by atoms with Gasteiger partial charge in [0.1, 0.15) is 6.73 Å². The molecule has 1 aliphatic rings. The van der Waals surface area contributed by atoms with Crippen LogP contribution < -0.4 is 5.32 Å². The Kier molecular flexibility index (Phi) is 9.05. The molecule has 1 aromatic heterocycles. The number of phosphoric acid groups is 1. The molecular formula is C22H26N3O9P. The lowest BCUT2D eigenvalue weighted by Gasteiger charge is -2.12. The molecule has 0 spiro atoms. The number of hydrogen-bond donors (Lipinski definition) is 3. The number of carbonyl (C=O) groups excluding carboxylic acids is 4. The van der Waals surface area contributed by atoms with Crippen LogP contribution in [-0.4, -0.2) is 50.3 Å². The van der Waals surface area contributed by atoms with Crippen LogP contribution >= 0.6 is 7.82 Å². The maximum atomic E-state index is 11.9. The van der Waals surface area contributed by atoms with Crippen LogP contribution in [0.1, 0.15) is 49.7 Å². The lowest BCUT2D eigenvalue weighted by atomic mass is 10.0. The lowest BCUT2D eigenvalue weighted by molar-refractivity contribution is -0.197. The average molecular weight is 507 g/mol. The first kappa shape index (κ1) is 26.4. The minimum absolute atomic E-state index is 0.0600. The molecule has 1 saturated heterocycles. The third-order valence-electron chi connectivity index (χ3n) is 5.22. The van der Waals surface area contributed by atoms with Gasteiger partial charge in [-0.2, -0.15) is 0 Å². The molecule has 188 valence electrons. The molecule has 0 radical (unpaired) electrons. The van der Waals surface area contributed by atoms with Crippen molar-refractivity contribution in [3.05, 3.63) is 41.6 Å². The van der Waals surface area contributed by atoms with Crippen molar-refractivity contribution in [2.24, 2.45) is 0 Å². The highest BCUT2D eigenvalue weighted by Gasteiger charge is 2.32. The van der Waals surface area contributed by atoms with Crippen molar-refractivity contribution in [3.63, 3.8) is 0 Å². The summed E-state index contributed by atoms with van der Waals surface area (Å²) in [4.78, 5) is 73.1. The smallest absolute Gasteiger partial charge is 0.333 e. The summed E-state index contributed by atoms with van der Waals surface area (Å²) in [6, 6.07) is 7.75. The van der Waals surface area contributed by atoms with Crippen LogP contribution in [0.25, 0.3) is 10.9 Å². The van der Waals surface area contributed by atoms with E-state index in [4.69, 9.17) is 14.6 Å². The van der Waals surface area contributed by atoms with Crippen LogP contribution in [0, 0.1) is 0 Å². The number of fused-ring (bicyclic) bond motifs is 1. The summed E-state index contributed by atoms with van der Waals surface area (Å²) < 4.78 is 14.7. The van der Waals surface area contributed by atoms with Gasteiger partial charge < -0.3 is 19.9 Å². The highest BCUT2D eigenvalue weighted by atomic mass is 31.2. The van der Waals surface area contributed by atoms with E-state index in [0.717, 1.165) is 22.0 Å². The molecule has 35 heavy (non-hydrogen) atoms. The van der Waals surface area contributed by atoms with E-state index in [9.17, 15) is 23.7 Å². The number of rotatable bonds is 12. The van der Waals surface area contributed by atoms with Crippen molar-refractivity contribution < 1.29 is 42.9 Å². The van der Waals surface area contributed by atoms with Crippen molar-refractivity contribution in [1.29, 1.82) is 0 Å². The second-order valence-corrected chi connectivity index (χ2v) is 9.23. The zero-order valence-corrected chi connectivity index (χ0v) is 19.7. The van der Waals surface area contributed by atoms with Gasteiger partial charge in [-0.05, 0) is 48.9 Å². The zero-order valence-electron chi connectivity index (χ0n) is 18.8. The van der Waals surface area contributed by atoms with E-state index in [1.807, 2.05) is 24.3 Å². The van der Waals surface area contributed by atoms with Crippen molar-refractivity contribution in [2.75, 3.05) is 6.73 Å². The Morgan fingerprint density at radius 3 is 2.43 bits per heavy atom. The van der Waals surface area contributed by atoms with Gasteiger partial charge in [0.05, 0.1) is 5.52 Å². The number of pyridine rings is 1. The first-order chi connectivity index (χ1) is 16.6. The zero-order chi connectivity index (χ0) is 25.4. The van der Waals surface area contributed by atoms with E-state index < -0.39 is 32.3 Å². The number of nitrogens with one attached hydrogen (secondary N) is 1. The quantitative estimate of drug-likeness (QED) is 0.218. The summed E-state index contributed by atoms with van der Waals surface area (Å²) in [5.41, 5.74) is 2.71. The highest BCUT2D eigenvalue weighted by Crippen LogP contribution is 2.34. The van der Waals surface area contributed by atoms with E-state index in [-0.39, 0.29) is 31.6 Å². The lowest BCUT2D eigenvalue weighted by Crippen LogP contribution is -2.31. The molecule has 2 heterocycles. The van der Waals surface area contributed by atoms with Gasteiger partial charge in [0.2, 0.25) is 5.91 Å². The molecule has 13 heteroatoms. The standard InChI is InChI=1S/C22H26N3O9P/c26-19(24-14-33-35(30,31)32)5-1-4-16-11-17-8-7-15(12-18(17)23-13-16)3-2-6-22(29)34-25-20(27)9-10-21(25)28/h7-8,11-13H,1-6,9-10,14H2,(H,24,26)(H2,30,31,32). The first-order valence-electron chi connectivity index (χ1n) is 11.0. The maximum Gasteiger partial charge on any atom is 0.471 e. The van der Waals surface area contributed by atoms with E-state index >= 15 is 0 Å². The number of nitrogens with zero attached hydrogens (tertiary/aromatic N) is 2. The number of phosphoric ester groups is 1. The number of carbonyl (C=O) groups is 4. The highest BCUT2D eigenvalue weighted by molar-refractivity contribution is 7.46.